The summed E-state index contributed by atoms with van der Waals surface area (Å²) in [5.74, 6) is 0.756. The number of piperazine rings is 1. The Balaban J connectivity index is 1.31. The van der Waals surface area contributed by atoms with Crippen LogP contribution in [0, 0.1) is 5.92 Å². The lowest BCUT2D eigenvalue weighted by Crippen LogP contribution is -2.48. The van der Waals surface area contributed by atoms with Crippen LogP contribution in [0.1, 0.15) is 54.6 Å². The summed E-state index contributed by atoms with van der Waals surface area (Å²) in [6.45, 7) is 10.3. The van der Waals surface area contributed by atoms with Crippen LogP contribution in [-0.2, 0) is 6.54 Å². The molecule has 0 bridgehead atoms. The van der Waals surface area contributed by atoms with Crippen LogP contribution in [0.2, 0.25) is 0 Å². The van der Waals surface area contributed by atoms with E-state index in [0.717, 1.165) is 74.1 Å². The maximum absolute atomic E-state index is 13.6. The van der Waals surface area contributed by atoms with E-state index in [0.29, 0.717) is 5.92 Å². The molecule has 7 heteroatoms. The van der Waals surface area contributed by atoms with E-state index in [2.05, 4.69) is 44.0 Å². The number of hydrogen-bond donors (Lipinski definition) is 2. The molecule has 0 atom stereocenters. The van der Waals surface area contributed by atoms with Crippen molar-refractivity contribution < 1.29 is 4.79 Å². The molecule has 1 aromatic heterocycles. The first-order valence-corrected chi connectivity index (χ1v) is 12.5. The maximum Gasteiger partial charge on any atom is 0.256 e. The van der Waals surface area contributed by atoms with Gasteiger partial charge in [-0.2, -0.15) is 5.10 Å². The summed E-state index contributed by atoms with van der Waals surface area (Å²) < 4.78 is 0. The first-order valence-electron chi connectivity index (χ1n) is 12.5. The van der Waals surface area contributed by atoms with Gasteiger partial charge in [0.15, 0.2) is 0 Å². The molecule has 2 aliphatic heterocycles. The van der Waals surface area contributed by atoms with Crippen molar-refractivity contribution >= 4 is 17.3 Å². The number of carbonyl (C=O) groups excluding carboxylic acids is 1. The monoisotopic (exact) mass is 448 g/mol. The second-order valence-corrected chi connectivity index (χ2v) is 9.69. The van der Waals surface area contributed by atoms with Crippen molar-refractivity contribution in [2.45, 2.75) is 45.1 Å². The molecule has 1 aliphatic carbocycles. The first-order chi connectivity index (χ1) is 16.2. The van der Waals surface area contributed by atoms with Gasteiger partial charge >= 0.3 is 0 Å². The summed E-state index contributed by atoms with van der Waals surface area (Å²) in [7, 11) is 0. The Hall–Kier alpha value is -2.80. The third-order valence-corrected chi connectivity index (χ3v) is 7.15. The van der Waals surface area contributed by atoms with E-state index in [4.69, 9.17) is 0 Å². The number of aromatic amines is 1. The molecular formula is C26H36N6O. The van der Waals surface area contributed by atoms with Crippen LogP contribution in [0.4, 0.5) is 11.4 Å². The topological polar surface area (TPSA) is 67.5 Å². The number of benzene rings is 1. The second kappa shape index (κ2) is 10.00. The Morgan fingerprint density at radius 3 is 2.45 bits per heavy atom. The number of hydrogen-bond acceptors (Lipinski definition) is 5. The van der Waals surface area contributed by atoms with Crippen molar-refractivity contribution in [1.82, 2.24) is 20.0 Å². The van der Waals surface area contributed by atoms with Crippen molar-refractivity contribution in [2.24, 2.45) is 5.92 Å². The molecular weight excluding hydrogens is 412 g/mol. The fraction of sp³-hybridized carbons (Fsp3) is 0.538. The van der Waals surface area contributed by atoms with Crippen LogP contribution in [0.3, 0.4) is 0 Å². The average molecular weight is 449 g/mol. The summed E-state index contributed by atoms with van der Waals surface area (Å²) >= 11 is 0. The van der Waals surface area contributed by atoms with Gasteiger partial charge in [-0.3, -0.25) is 14.8 Å². The molecule has 2 aromatic rings. The van der Waals surface area contributed by atoms with Crippen molar-refractivity contribution in [2.75, 3.05) is 49.5 Å². The van der Waals surface area contributed by atoms with E-state index in [1.807, 2.05) is 23.2 Å². The Bertz CT molecular complexity index is 951. The molecule has 1 amide bonds. The van der Waals surface area contributed by atoms with Crippen LogP contribution < -0.4 is 10.2 Å². The van der Waals surface area contributed by atoms with Gasteiger partial charge in [-0.25, -0.2) is 0 Å². The van der Waals surface area contributed by atoms with Crippen molar-refractivity contribution in [3.05, 3.63) is 54.0 Å². The summed E-state index contributed by atoms with van der Waals surface area (Å²) in [6, 6.07) is 8.27. The quantitative estimate of drug-likeness (QED) is 0.668. The second-order valence-electron chi connectivity index (χ2n) is 9.69. The highest BCUT2D eigenvalue weighted by atomic mass is 16.2. The number of aromatic nitrogens is 2. The normalized spacial score (nSPS) is 19.9. The summed E-state index contributed by atoms with van der Waals surface area (Å²) in [6.07, 6.45) is 9.24. The fourth-order valence-corrected chi connectivity index (χ4v) is 4.97. The third-order valence-electron chi connectivity index (χ3n) is 7.15. The van der Waals surface area contributed by atoms with Gasteiger partial charge in [0.1, 0.15) is 0 Å². The zero-order valence-corrected chi connectivity index (χ0v) is 19.6. The Morgan fingerprint density at radius 2 is 1.79 bits per heavy atom. The van der Waals surface area contributed by atoms with Crippen LogP contribution in [-0.4, -0.2) is 65.2 Å². The molecule has 176 valence electrons. The maximum atomic E-state index is 13.6. The fourth-order valence-electron chi connectivity index (χ4n) is 4.97. The molecule has 0 spiro atoms. The van der Waals surface area contributed by atoms with Crippen molar-refractivity contribution in [1.29, 1.82) is 0 Å². The lowest BCUT2D eigenvalue weighted by Gasteiger charge is -2.35. The number of carbonyl (C=O) groups is 1. The van der Waals surface area contributed by atoms with Gasteiger partial charge < -0.3 is 15.1 Å². The Kier molecular flexibility index (Phi) is 6.67. The van der Waals surface area contributed by atoms with Crippen molar-refractivity contribution in [3.8, 4) is 0 Å². The number of anilines is 2. The lowest BCUT2D eigenvalue weighted by atomic mass is 10.1. The van der Waals surface area contributed by atoms with E-state index in [-0.39, 0.29) is 5.91 Å². The summed E-state index contributed by atoms with van der Waals surface area (Å²) in [5.41, 5.74) is 5.11. The predicted molar refractivity (Wildman–Crippen MR) is 132 cm³/mol. The molecule has 3 fully saturated rings. The van der Waals surface area contributed by atoms with E-state index >= 15 is 0 Å². The van der Waals surface area contributed by atoms with Gasteiger partial charge in [-0.15, -0.1) is 0 Å². The zero-order valence-electron chi connectivity index (χ0n) is 19.6. The van der Waals surface area contributed by atoms with E-state index in [9.17, 15) is 4.79 Å². The average Bonchev–Trinajstić information content (AvgIpc) is 3.62. The number of rotatable bonds is 7. The smallest absolute Gasteiger partial charge is 0.256 e. The largest absolute Gasteiger partial charge is 0.371 e. The van der Waals surface area contributed by atoms with Gasteiger partial charge in [0.05, 0.1) is 16.9 Å². The van der Waals surface area contributed by atoms with Gasteiger partial charge in [-0.05, 0) is 55.9 Å². The predicted octanol–water partition coefficient (Wildman–Crippen LogP) is 4.08. The standard InChI is InChI=1S/C26H36N6O/c1-20(21-6-7-21)28-22-8-9-24(25(18-22)31-12-4-2-3-5-13-31)26(33)32-16-14-30(15-17-32)19-23-10-11-27-29-23/h8-11,18,21,28H,1-7,12-17,19H2,(H,27,29). The van der Waals surface area contributed by atoms with Crippen LogP contribution in [0.5, 0.6) is 0 Å². The van der Waals surface area contributed by atoms with E-state index in [1.54, 1.807) is 0 Å². The highest BCUT2D eigenvalue weighted by Crippen LogP contribution is 2.37. The molecule has 3 aliphatic rings. The van der Waals surface area contributed by atoms with E-state index in [1.165, 1.54) is 38.5 Å². The highest BCUT2D eigenvalue weighted by molar-refractivity contribution is 6.00. The molecule has 1 saturated carbocycles. The SMILES string of the molecule is C=C(Nc1ccc(C(=O)N2CCN(Cc3cc[nH]n3)CC2)c(N2CCCCCC2)c1)C1CC1. The molecule has 2 saturated heterocycles. The molecule has 2 N–H and O–H groups in total. The molecule has 0 unspecified atom stereocenters. The minimum Gasteiger partial charge on any atom is -0.371 e. The molecule has 0 radical (unpaired) electrons. The van der Waals surface area contributed by atoms with Crippen LogP contribution >= 0.6 is 0 Å². The molecule has 1 aromatic carbocycles. The molecule has 5 rings (SSSR count). The molecule has 3 heterocycles. The van der Waals surface area contributed by atoms with Gasteiger partial charge in [0.25, 0.3) is 5.91 Å². The first kappa shape index (κ1) is 22.0. The summed E-state index contributed by atoms with van der Waals surface area (Å²) in [5, 5.41) is 10.7. The highest BCUT2D eigenvalue weighted by Gasteiger charge is 2.27. The Morgan fingerprint density at radius 1 is 1.03 bits per heavy atom. The van der Waals surface area contributed by atoms with Gasteiger partial charge in [0.2, 0.25) is 0 Å². The number of H-pyrrole nitrogens is 1. The molecule has 7 nitrogen and oxygen atoms in total. The number of nitrogens with zero attached hydrogens (tertiary/aromatic N) is 4. The third kappa shape index (κ3) is 5.41. The minimum absolute atomic E-state index is 0.154. The Labute approximate surface area is 196 Å². The number of amides is 1. The molecule has 33 heavy (non-hydrogen) atoms. The summed E-state index contributed by atoms with van der Waals surface area (Å²) in [4.78, 5) is 20.5. The van der Waals surface area contributed by atoms with Gasteiger partial charge in [-0.1, -0.05) is 19.4 Å². The van der Waals surface area contributed by atoms with Crippen LogP contribution in [0.15, 0.2) is 42.7 Å². The number of allylic oxidation sites excluding steroid dienone is 1. The number of nitrogens with one attached hydrogen (secondary N) is 2. The minimum atomic E-state index is 0.154. The van der Waals surface area contributed by atoms with Crippen molar-refractivity contribution in [3.63, 3.8) is 0 Å². The van der Waals surface area contributed by atoms with E-state index < -0.39 is 0 Å². The lowest BCUT2D eigenvalue weighted by molar-refractivity contribution is 0.0627. The zero-order chi connectivity index (χ0) is 22.6. The van der Waals surface area contributed by atoms with Crippen LogP contribution in [0.25, 0.3) is 0 Å². The van der Waals surface area contributed by atoms with Gasteiger partial charge in [0, 0.05) is 63.4 Å².